The first-order valence-corrected chi connectivity index (χ1v) is 13.0. The van der Waals surface area contributed by atoms with Crippen LogP contribution < -0.4 is 19.7 Å². The maximum Gasteiger partial charge on any atom is 0.346 e. The van der Waals surface area contributed by atoms with Crippen molar-refractivity contribution in [1.29, 1.82) is 0 Å². The number of carbonyl (C=O) groups is 2. The summed E-state index contributed by atoms with van der Waals surface area (Å²) in [5, 5.41) is 21.9. The number of nitrogens with one attached hydrogen (secondary N) is 1. The number of anilines is 2. The fourth-order valence-corrected chi connectivity index (χ4v) is 4.44. The number of nitrogens with zero attached hydrogens (tertiary/aromatic N) is 1. The first-order valence-electron chi connectivity index (χ1n) is 13.0. The molecule has 1 unspecified atom stereocenters. The standard InChI is InChI=1S/C30H34N2O6/c33-28(34)13-7-18-32-21-27(30(35)36)38-29-25(11-6-12-26(29)32)31-20-23-14-16-24(17-15-23)37-19-5-4-10-22-8-2-1-3-9-22/h1-3,6,8-9,11-12,14-17,27,31H,4-5,7,10,13,18-21H2,(H,33,34)(H,35,36). The second-order valence-electron chi connectivity index (χ2n) is 9.33. The number of aryl methyl sites for hydroxylation is 1. The average molecular weight is 519 g/mol. The quantitative estimate of drug-likeness (QED) is 0.249. The molecule has 0 aliphatic carbocycles. The zero-order chi connectivity index (χ0) is 26.7. The molecule has 200 valence electrons. The number of carboxylic acid groups (broad SMARTS) is 2. The molecule has 8 nitrogen and oxygen atoms in total. The maximum absolute atomic E-state index is 11.7. The van der Waals surface area contributed by atoms with Gasteiger partial charge in [-0.25, -0.2) is 4.79 Å². The molecule has 1 aliphatic rings. The van der Waals surface area contributed by atoms with Crippen molar-refractivity contribution in [2.24, 2.45) is 0 Å². The van der Waals surface area contributed by atoms with E-state index in [1.165, 1.54) is 5.56 Å². The summed E-state index contributed by atoms with van der Waals surface area (Å²) in [5.74, 6) is -0.625. The number of carboxylic acids is 2. The highest BCUT2D eigenvalue weighted by Crippen LogP contribution is 2.40. The van der Waals surface area contributed by atoms with Gasteiger partial charge in [0.15, 0.2) is 5.75 Å². The second kappa shape index (κ2) is 13.4. The minimum Gasteiger partial charge on any atom is -0.494 e. The van der Waals surface area contributed by atoms with E-state index in [4.69, 9.17) is 14.6 Å². The Hall–Kier alpha value is -4.20. The summed E-state index contributed by atoms with van der Waals surface area (Å²) >= 11 is 0. The van der Waals surface area contributed by atoms with Crippen molar-refractivity contribution >= 4 is 23.3 Å². The minimum absolute atomic E-state index is 0.0236. The molecule has 0 amide bonds. The number of ether oxygens (including phenoxy) is 2. The van der Waals surface area contributed by atoms with E-state index < -0.39 is 18.0 Å². The summed E-state index contributed by atoms with van der Waals surface area (Å²) in [6, 6.07) is 24.0. The van der Waals surface area contributed by atoms with Crippen LogP contribution in [0.5, 0.6) is 11.5 Å². The van der Waals surface area contributed by atoms with Crippen molar-refractivity contribution in [3.8, 4) is 11.5 Å². The lowest BCUT2D eigenvalue weighted by Crippen LogP contribution is -2.45. The Morgan fingerprint density at radius 3 is 2.45 bits per heavy atom. The van der Waals surface area contributed by atoms with Crippen LogP contribution in [0, 0.1) is 0 Å². The second-order valence-corrected chi connectivity index (χ2v) is 9.33. The first-order chi connectivity index (χ1) is 18.5. The van der Waals surface area contributed by atoms with E-state index in [-0.39, 0.29) is 13.0 Å². The number of unbranched alkanes of at least 4 members (excludes halogenated alkanes) is 1. The number of para-hydroxylation sites is 1. The van der Waals surface area contributed by atoms with E-state index in [1.807, 2.05) is 53.4 Å². The largest absolute Gasteiger partial charge is 0.494 e. The van der Waals surface area contributed by atoms with Crippen molar-refractivity contribution < 1.29 is 29.3 Å². The van der Waals surface area contributed by atoms with Gasteiger partial charge in [-0.05, 0) is 61.1 Å². The third kappa shape index (κ3) is 7.65. The Bertz CT molecular complexity index is 1200. The average Bonchev–Trinajstić information content (AvgIpc) is 2.92. The molecule has 3 aromatic rings. The van der Waals surface area contributed by atoms with E-state index in [9.17, 15) is 14.7 Å². The Labute approximate surface area is 222 Å². The van der Waals surface area contributed by atoms with Gasteiger partial charge in [0, 0.05) is 19.5 Å². The van der Waals surface area contributed by atoms with Gasteiger partial charge >= 0.3 is 11.9 Å². The van der Waals surface area contributed by atoms with Crippen LogP contribution in [0.25, 0.3) is 0 Å². The molecule has 4 rings (SSSR count). The fraction of sp³-hybridized carbons (Fsp3) is 0.333. The van der Waals surface area contributed by atoms with Gasteiger partial charge in [0.25, 0.3) is 0 Å². The lowest BCUT2D eigenvalue weighted by molar-refractivity contribution is -0.145. The number of hydrogen-bond donors (Lipinski definition) is 3. The molecule has 3 N–H and O–H groups in total. The van der Waals surface area contributed by atoms with Crippen LogP contribution in [0.3, 0.4) is 0 Å². The molecule has 0 bridgehead atoms. The van der Waals surface area contributed by atoms with Crippen LogP contribution in [-0.2, 0) is 22.6 Å². The molecule has 0 spiro atoms. The minimum atomic E-state index is -1.05. The summed E-state index contributed by atoms with van der Waals surface area (Å²) in [6.45, 7) is 1.79. The summed E-state index contributed by atoms with van der Waals surface area (Å²) in [7, 11) is 0. The van der Waals surface area contributed by atoms with E-state index in [1.54, 1.807) is 0 Å². The molecular formula is C30H34N2O6. The highest BCUT2D eigenvalue weighted by molar-refractivity contribution is 5.80. The topological polar surface area (TPSA) is 108 Å². The number of hydrogen-bond acceptors (Lipinski definition) is 6. The summed E-state index contributed by atoms with van der Waals surface area (Å²) < 4.78 is 11.7. The predicted molar refractivity (Wildman–Crippen MR) is 146 cm³/mol. The summed E-state index contributed by atoms with van der Waals surface area (Å²) in [5.41, 5.74) is 3.84. The van der Waals surface area contributed by atoms with Crippen LogP contribution in [-0.4, -0.2) is 48.0 Å². The van der Waals surface area contributed by atoms with Crippen LogP contribution in [0.1, 0.15) is 36.8 Å². The molecule has 8 heteroatoms. The molecule has 1 heterocycles. The van der Waals surface area contributed by atoms with Crippen LogP contribution in [0.15, 0.2) is 72.8 Å². The molecule has 0 radical (unpaired) electrons. The van der Waals surface area contributed by atoms with Gasteiger partial charge in [0.05, 0.1) is 24.5 Å². The molecule has 0 saturated carbocycles. The fourth-order valence-electron chi connectivity index (χ4n) is 4.44. The van der Waals surface area contributed by atoms with Crippen molar-refractivity contribution in [1.82, 2.24) is 0 Å². The van der Waals surface area contributed by atoms with Gasteiger partial charge in [-0.1, -0.05) is 48.5 Å². The molecule has 1 atom stereocenters. The lowest BCUT2D eigenvalue weighted by Gasteiger charge is -2.35. The Morgan fingerprint density at radius 1 is 0.921 bits per heavy atom. The third-order valence-electron chi connectivity index (χ3n) is 6.45. The Morgan fingerprint density at radius 2 is 1.71 bits per heavy atom. The number of benzene rings is 3. The first kappa shape index (κ1) is 26.9. The van der Waals surface area contributed by atoms with Crippen molar-refractivity contribution in [2.45, 2.75) is 44.8 Å². The van der Waals surface area contributed by atoms with Gasteiger partial charge in [0.2, 0.25) is 6.10 Å². The van der Waals surface area contributed by atoms with E-state index in [0.717, 1.165) is 36.3 Å². The van der Waals surface area contributed by atoms with Crippen molar-refractivity contribution in [2.75, 3.05) is 29.9 Å². The van der Waals surface area contributed by atoms with Gasteiger partial charge in [-0.3, -0.25) is 4.79 Å². The highest BCUT2D eigenvalue weighted by Gasteiger charge is 2.32. The van der Waals surface area contributed by atoms with Crippen molar-refractivity contribution in [3.63, 3.8) is 0 Å². The predicted octanol–water partition coefficient (Wildman–Crippen LogP) is 5.22. The molecule has 38 heavy (non-hydrogen) atoms. The molecule has 0 saturated heterocycles. The number of rotatable bonds is 14. The number of aliphatic carboxylic acids is 2. The molecule has 1 aliphatic heterocycles. The van der Waals surface area contributed by atoms with Crippen molar-refractivity contribution in [3.05, 3.63) is 83.9 Å². The molecular weight excluding hydrogens is 484 g/mol. The number of fused-ring (bicyclic) bond motifs is 1. The van der Waals surface area contributed by atoms with Crippen LogP contribution in [0.2, 0.25) is 0 Å². The summed E-state index contributed by atoms with van der Waals surface area (Å²) in [6.07, 6.45) is 2.53. The lowest BCUT2D eigenvalue weighted by atomic mass is 10.1. The van der Waals surface area contributed by atoms with Gasteiger partial charge in [-0.15, -0.1) is 0 Å². The zero-order valence-corrected chi connectivity index (χ0v) is 21.3. The molecule has 0 aromatic heterocycles. The zero-order valence-electron chi connectivity index (χ0n) is 21.3. The summed E-state index contributed by atoms with van der Waals surface area (Å²) in [4.78, 5) is 24.5. The van der Waals surface area contributed by atoms with E-state index in [0.29, 0.717) is 37.6 Å². The monoisotopic (exact) mass is 518 g/mol. The normalized spacial score (nSPS) is 14.3. The van der Waals surface area contributed by atoms with Crippen LogP contribution in [0.4, 0.5) is 11.4 Å². The van der Waals surface area contributed by atoms with E-state index >= 15 is 0 Å². The molecule has 0 fully saturated rings. The van der Waals surface area contributed by atoms with E-state index in [2.05, 4.69) is 29.6 Å². The van der Waals surface area contributed by atoms with Crippen LogP contribution >= 0.6 is 0 Å². The van der Waals surface area contributed by atoms with Gasteiger partial charge in [0.1, 0.15) is 5.75 Å². The smallest absolute Gasteiger partial charge is 0.346 e. The molecule has 3 aromatic carbocycles. The Balaban J connectivity index is 1.30. The Kier molecular flexibility index (Phi) is 9.45. The maximum atomic E-state index is 11.7. The van der Waals surface area contributed by atoms with Gasteiger partial charge in [-0.2, -0.15) is 0 Å². The SMILES string of the molecule is O=C(O)CCCN1CC(C(=O)O)Oc2c(NCc3ccc(OCCCCc4ccccc4)cc3)cccc21. The highest BCUT2D eigenvalue weighted by atomic mass is 16.5. The third-order valence-corrected chi connectivity index (χ3v) is 6.45. The van der Waals surface area contributed by atoms with Gasteiger partial charge < -0.3 is 29.9 Å².